The Labute approximate surface area is 185 Å². The van der Waals surface area contributed by atoms with Crippen molar-refractivity contribution in [2.75, 3.05) is 24.5 Å². The smallest absolute Gasteiger partial charge is 0.258 e. The van der Waals surface area contributed by atoms with E-state index in [4.69, 9.17) is 4.98 Å². The van der Waals surface area contributed by atoms with Crippen LogP contribution in [0.4, 0.5) is 5.69 Å². The van der Waals surface area contributed by atoms with Crippen molar-refractivity contribution in [2.45, 2.75) is 32.2 Å². The molecule has 2 aliphatic rings. The number of piperazine rings is 1. The summed E-state index contributed by atoms with van der Waals surface area (Å²) in [6, 6.07) is 7.49. The molecule has 1 aliphatic heterocycles. The quantitative estimate of drug-likeness (QED) is 0.518. The van der Waals surface area contributed by atoms with Crippen LogP contribution in [0.5, 0.6) is 0 Å². The van der Waals surface area contributed by atoms with Crippen molar-refractivity contribution in [1.82, 2.24) is 29.3 Å². The van der Waals surface area contributed by atoms with Gasteiger partial charge in [0.1, 0.15) is 11.3 Å². The molecule has 160 valence electrons. The lowest BCUT2D eigenvalue weighted by molar-refractivity contribution is 0.442. The van der Waals surface area contributed by atoms with Crippen LogP contribution in [0.3, 0.4) is 0 Å². The fraction of sp³-hybridized carbons (Fsp3) is 0.364. The molecule has 5 heterocycles. The minimum absolute atomic E-state index is 0. The van der Waals surface area contributed by atoms with Crippen LogP contribution >= 0.6 is 12.4 Å². The maximum Gasteiger partial charge on any atom is 0.258 e. The fourth-order valence-corrected chi connectivity index (χ4v) is 4.44. The molecule has 2 fully saturated rings. The van der Waals surface area contributed by atoms with Crippen molar-refractivity contribution in [1.29, 1.82) is 0 Å². The highest BCUT2D eigenvalue weighted by Crippen LogP contribution is 2.38. The molecule has 1 N–H and O–H groups in total. The Hall–Kier alpha value is -2.97. The van der Waals surface area contributed by atoms with Crippen molar-refractivity contribution in [3.05, 3.63) is 58.3 Å². The van der Waals surface area contributed by atoms with Crippen molar-refractivity contribution in [3.63, 3.8) is 0 Å². The van der Waals surface area contributed by atoms with Gasteiger partial charge in [-0.15, -0.1) is 12.4 Å². The van der Waals surface area contributed by atoms with Crippen LogP contribution in [0.1, 0.15) is 24.1 Å². The summed E-state index contributed by atoms with van der Waals surface area (Å²) in [7, 11) is 0. The second-order valence-electron chi connectivity index (χ2n) is 8.59. The number of fused-ring (bicyclic) bond motifs is 2. The number of rotatable bonds is 2. The van der Waals surface area contributed by atoms with Crippen LogP contribution in [0.2, 0.25) is 0 Å². The Balaban J connectivity index is 0.00000204. The van der Waals surface area contributed by atoms with Crippen molar-refractivity contribution in [3.8, 4) is 11.4 Å². The van der Waals surface area contributed by atoms with Crippen LogP contribution in [0.15, 0.2) is 41.5 Å². The molecule has 9 heteroatoms. The number of aromatic nitrogens is 5. The molecule has 0 atom stereocenters. The predicted octanol–water partition coefficient (Wildman–Crippen LogP) is 2.39. The van der Waals surface area contributed by atoms with Gasteiger partial charge in [0.15, 0.2) is 5.65 Å². The molecular formula is C22H24ClN7O. The fourth-order valence-electron chi connectivity index (χ4n) is 4.44. The predicted molar refractivity (Wildman–Crippen MR) is 122 cm³/mol. The Kier molecular flexibility index (Phi) is 4.53. The number of hydrogen-bond donors (Lipinski definition) is 1. The third kappa shape index (κ3) is 3.36. The molecule has 6 rings (SSSR count). The molecule has 0 bridgehead atoms. The zero-order valence-corrected chi connectivity index (χ0v) is 18.3. The maximum atomic E-state index is 12.9. The third-order valence-corrected chi connectivity index (χ3v) is 6.23. The number of hydrogen-bond acceptors (Lipinski definition) is 6. The Morgan fingerprint density at radius 1 is 1.06 bits per heavy atom. The van der Waals surface area contributed by atoms with Crippen molar-refractivity contribution < 1.29 is 0 Å². The third-order valence-electron chi connectivity index (χ3n) is 6.23. The van der Waals surface area contributed by atoms with Gasteiger partial charge in [-0.2, -0.15) is 5.10 Å². The number of anilines is 1. The van der Waals surface area contributed by atoms with E-state index in [0.717, 1.165) is 42.2 Å². The Morgan fingerprint density at radius 2 is 1.90 bits per heavy atom. The molecule has 1 saturated carbocycles. The van der Waals surface area contributed by atoms with Crippen LogP contribution < -0.4 is 15.8 Å². The average molecular weight is 438 g/mol. The summed E-state index contributed by atoms with van der Waals surface area (Å²) in [5, 5.41) is 8.24. The average Bonchev–Trinajstić information content (AvgIpc) is 3.35. The van der Waals surface area contributed by atoms with Crippen LogP contribution in [-0.4, -0.2) is 49.2 Å². The van der Waals surface area contributed by atoms with Gasteiger partial charge in [0, 0.05) is 37.4 Å². The molecule has 8 nitrogen and oxygen atoms in total. The first-order chi connectivity index (χ1) is 14.5. The van der Waals surface area contributed by atoms with Gasteiger partial charge in [-0.25, -0.2) is 14.5 Å². The number of nitrogens with one attached hydrogen (secondary N) is 1. The molecule has 31 heavy (non-hydrogen) atoms. The zero-order chi connectivity index (χ0) is 20.5. The van der Waals surface area contributed by atoms with Gasteiger partial charge in [-0.1, -0.05) is 0 Å². The van der Waals surface area contributed by atoms with Crippen LogP contribution in [0, 0.1) is 13.8 Å². The molecule has 4 aromatic rings. The van der Waals surface area contributed by atoms with E-state index >= 15 is 0 Å². The molecule has 1 aliphatic carbocycles. The first-order valence-electron chi connectivity index (χ1n) is 10.4. The maximum absolute atomic E-state index is 12.9. The van der Waals surface area contributed by atoms with Crippen LogP contribution in [-0.2, 0) is 0 Å². The molecule has 1 saturated heterocycles. The lowest BCUT2D eigenvalue weighted by Crippen LogP contribution is -2.52. The first kappa shape index (κ1) is 20.0. The highest BCUT2D eigenvalue weighted by Gasteiger charge is 2.45. The number of imidazole rings is 1. The van der Waals surface area contributed by atoms with Gasteiger partial charge in [-0.05, 0) is 50.5 Å². The van der Waals surface area contributed by atoms with E-state index in [2.05, 4.69) is 26.4 Å². The summed E-state index contributed by atoms with van der Waals surface area (Å²) in [4.78, 5) is 24.5. The summed E-state index contributed by atoms with van der Waals surface area (Å²) in [5.74, 6) is 0. The van der Waals surface area contributed by atoms with E-state index in [1.165, 1.54) is 12.8 Å². The van der Waals surface area contributed by atoms with Gasteiger partial charge in [0.2, 0.25) is 0 Å². The van der Waals surface area contributed by atoms with Gasteiger partial charge < -0.3 is 10.2 Å². The minimum atomic E-state index is -0.102. The van der Waals surface area contributed by atoms with E-state index in [1.807, 2.05) is 38.4 Å². The summed E-state index contributed by atoms with van der Waals surface area (Å²) in [6.07, 6.45) is 6.26. The van der Waals surface area contributed by atoms with Crippen LogP contribution in [0.25, 0.3) is 22.7 Å². The number of pyridine rings is 1. The number of aryl methyl sites for hydroxylation is 2. The van der Waals surface area contributed by atoms with Crippen molar-refractivity contribution >= 4 is 29.4 Å². The number of halogens is 1. The SMILES string of the molecule is Cc1cn2nc(-c3cc(=O)n4cc(N5CCNC6(CC6)C5)ccc4n3)cc(C)c2n1.Cl. The zero-order valence-electron chi connectivity index (χ0n) is 17.5. The summed E-state index contributed by atoms with van der Waals surface area (Å²) in [6.45, 7) is 6.85. The summed E-state index contributed by atoms with van der Waals surface area (Å²) >= 11 is 0. The standard InChI is InChI=1S/C22H23N7O.ClH/c1-14-9-18(26-29-11-15(2)24-21(14)29)17-10-20(30)28-12-16(3-4-19(28)25-17)27-8-7-23-22(13-27)5-6-22;/h3-4,9-12,23H,5-8,13H2,1-2H3;1H. The van der Waals surface area contributed by atoms with E-state index in [0.29, 0.717) is 17.0 Å². The lowest BCUT2D eigenvalue weighted by Gasteiger charge is -2.35. The summed E-state index contributed by atoms with van der Waals surface area (Å²) < 4.78 is 3.39. The van der Waals surface area contributed by atoms with Gasteiger partial charge in [0.25, 0.3) is 5.56 Å². The van der Waals surface area contributed by atoms with Gasteiger partial charge >= 0.3 is 0 Å². The molecule has 1 spiro atoms. The number of nitrogens with zero attached hydrogens (tertiary/aromatic N) is 6. The second kappa shape index (κ2) is 7.03. The molecule has 0 unspecified atom stereocenters. The molecule has 0 radical (unpaired) electrons. The molecule has 0 aromatic carbocycles. The van der Waals surface area contributed by atoms with E-state index in [9.17, 15) is 4.79 Å². The summed E-state index contributed by atoms with van der Waals surface area (Å²) in [5.41, 5.74) is 5.84. The molecular weight excluding hydrogens is 414 g/mol. The minimum Gasteiger partial charge on any atom is -0.367 e. The Morgan fingerprint density at radius 3 is 2.71 bits per heavy atom. The first-order valence-corrected chi connectivity index (χ1v) is 10.4. The van der Waals surface area contributed by atoms with Gasteiger partial charge in [-0.3, -0.25) is 9.20 Å². The molecule has 0 amide bonds. The topological polar surface area (TPSA) is 79.8 Å². The highest BCUT2D eigenvalue weighted by molar-refractivity contribution is 5.85. The van der Waals surface area contributed by atoms with Gasteiger partial charge in [0.05, 0.1) is 23.3 Å². The van der Waals surface area contributed by atoms with Crippen molar-refractivity contribution in [2.24, 2.45) is 0 Å². The second-order valence-corrected chi connectivity index (χ2v) is 8.59. The van der Waals surface area contributed by atoms with E-state index < -0.39 is 0 Å². The van der Waals surface area contributed by atoms with E-state index in [1.54, 1.807) is 15.0 Å². The van der Waals surface area contributed by atoms with E-state index in [-0.39, 0.29) is 23.5 Å². The highest BCUT2D eigenvalue weighted by atomic mass is 35.5. The normalized spacial score (nSPS) is 17.3. The largest absolute Gasteiger partial charge is 0.367 e. The Bertz CT molecular complexity index is 1370. The lowest BCUT2D eigenvalue weighted by atomic mass is 10.1. The monoisotopic (exact) mass is 437 g/mol. The molecule has 4 aromatic heterocycles.